The summed E-state index contributed by atoms with van der Waals surface area (Å²) in [7, 11) is 1.56. The number of hydrogen-bond acceptors (Lipinski definition) is 4. The van der Waals surface area contributed by atoms with E-state index in [2.05, 4.69) is 0 Å². The molecule has 0 radical (unpaired) electrons. The highest BCUT2D eigenvalue weighted by molar-refractivity contribution is 6.04. The Labute approximate surface area is 134 Å². The van der Waals surface area contributed by atoms with Crippen molar-refractivity contribution >= 4 is 11.7 Å². The molecular formula is C18H16N2O3. The molecule has 0 aliphatic carbocycles. The first-order valence-electron chi connectivity index (χ1n) is 7.04. The minimum atomic E-state index is -0.650. The quantitative estimate of drug-likeness (QED) is 0.880. The summed E-state index contributed by atoms with van der Waals surface area (Å²) >= 11 is 0. The minimum absolute atomic E-state index is 0.0798. The highest BCUT2D eigenvalue weighted by Crippen LogP contribution is 2.15. The van der Waals surface area contributed by atoms with Gasteiger partial charge >= 0.3 is 0 Å². The molecule has 1 N–H and O–H groups in total. The largest absolute Gasteiger partial charge is 0.508 e. The lowest BCUT2D eigenvalue weighted by Crippen LogP contribution is -2.40. The summed E-state index contributed by atoms with van der Waals surface area (Å²) in [6, 6.07) is 13.5. The fraction of sp³-hybridized carbons (Fsp3) is 0.167. The number of amides is 1. The molecular weight excluding hydrogens is 292 g/mol. The molecule has 0 saturated carbocycles. The third kappa shape index (κ3) is 3.55. The molecule has 5 heteroatoms. The van der Waals surface area contributed by atoms with Gasteiger partial charge in [-0.2, -0.15) is 5.26 Å². The first-order chi connectivity index (χ1) is 10.9. The van der Waals surface area contributed by atoms with Crippen molar-refractivity contribution < 1.29 is 14.7 Å². The smallest absolute Gasteiger partial charge is 0.254 e. The van der Waals surface area contributed by atoms with Gasteiger partial charge in [-0.15, -0.1) is 0 Å². The summed E-state index contributed by atoms with van der Waals surface area (Å²) in [6.45, 7) is 1.65. The van der Waals surface area contributed by atoms with E-state index in [1.54, 1.807) is 38.2 Å². The van der Waals surface area contributed by atoms with Crippen molar-refractivity contribution in [2.75, 3.05) is 7.05 Å². The first-order valence-corrected chi connectivity index (χ1v) is 7.04. The highest BCUT2D eigenvalue weighted by Gasteiger charge is 2.24. The number of aromatic hydroxyl groups is 1. The maximum atomic E-state index is 12.4. The molecule has 23 heavy (non-hydrogen) atoms. The van der Waals surface area contributed by atoms with Gasteiger partial charge in [-0.1, -0.05) is 0 Å². The van der Waals surface area contributed by atoms with Crippen LogP contribution < -0.4 is 0 Å². The third-order valence-corrected chi connectivity index (χ3v) is 3.69. The molecule has 0 aromatic heterocycles. The van der Waals surface area contributed by atoms with Gasteiger partial charge in [0.1, 0.15) is 5.75 Å². The van der Waals surface area contributed by atoms with Crippen molar-refractivity contribution in [2.45, 2.75) is 13.0 Å². The fourth-order valence-electron chi connectivity index (χ4n) is 2.11. The Bertz CT molecular complexity index is 758. The SMILES string of the molecule is CC(C(=O)c1ccc(O)cc1)N(C)C(=O)c1ccc(C#N)cc1. The number of nitrogens with zero attached hydrogens (tertiary/aromatic N) is 2. The average molecular weight is 308 g/mol. The number of carbonyl (C=O) groups is 2. The van der Waals surface area contributed by atoms with Gasteiger partial charge in [0.25, 0.3) is 5.91 Å². The Kier molecular flexibility index (Phi) is 4.77. The van der Waals surface area contributed by atoms with E-state index in [9.17, 15) is 14.7 Å². The Hall–Kier alpha value is -3.13. The monoisotopic (exact) mass is 308 g/mol. The molecule has 1 unspecified atom stereocenters. The van der Waals surface area contributed by atoms with E-state index < -0.39 is 6.04 Å². The zero-order valence-electron chi connectivity index (χ0n) is 12.9. The van der Waals surface area contributed by atoms with Gasteiger partial charge in [-0.05, 0) is 55.5 Å². The number of hydrogen-bond donors (Lipinski definition) is 1. The predicted molar refractivity (Wildman–Crippen MR) is 85.1 cm³/mol. The van der Waals surface area contributed by atoms with Crippen LogP contribution >= 0.6 is 0 Å². The fourth-order valence-corrected chi connectivity index (χ4v) is 2.11. The topological polar surface area (TPSA) is 81.4 Å². The van der Waals surface area contributed by atoms with E-state index in [0.29, 0.717) is 16.7 Å². The maximum Gasteiger partial charge on any atom is 0.254 e. The number of phenolic OH excluding ortho intramolecular Hbond substituents is 1. The minimum Gasteiger partial charge on any atom is -0.508 e. The molecule has 1 atom stereocenters. The van der Waals surface area contributed by atoms with Crippen LogP contribution in [0.5, 0.6) is 5.75 Å². The second-order valence-corrected chi connectivity index (χ2v) is 5.19. The van der Waals surface area contributed by atoms with E-state index in [1.807, 2.05) is 6.07 Å². The molecule has 5 nitrogen and oxygen atoms in total. The number of ketones is 1. The molecule has 1 amide bonds. The number of phenols is 1. The van der Waals surface area contributed by atoms with Gasteiger partial charge in [-0.3, -0.25) is 9.59 Å². The standard InChI is InChI=1S/C18H16N2O3/c1-12(17(22)14-7-9-16(21)10-8-14)20(2)18(23)15-5-3-13(11-19)4-6-15/h3-10,12,21H,1-2H3. The Morgan fingerprint density at radius 1 is 1.04 bits per heavy atom. The lowest BCUT2D eigenvalue weighted by Gasteiger charge is -2.24. The highest BCUT2D eigenvalue weighted by atomic mass is 16.3. The number of Topliss-reactive ketones (excluding diaryl/α,β-unsaturated/α-hetero) is 1. The van der Waals surface area contributed by atoms with E-state index in [0.717, 1.165) is 0 Å². The normalized spacial score (nSPS) is 11.3. The summed E-state index contributed by atoms with van der Waals surface area (Å²) < 4.78 is 0. The van der Waals surface area contributed by atoms with Crippen molar-refractivity contribution in [3.05, 3.63) is 65.2 Å². The number of carbonyl (C=O) groups excluding carboxylic acids is 2. The summed E-state index contributed by atoms with van der Waals surface area (Å²) in [4.78, 5) is 26.2. The van der Waals surface area contributed by atoms with Gasteiger partial charge in [-0.25, -0.2) is 0 Å². The molecule has 2 aromatic rings. The number of nitriles is 1. The summed E-state index contributed by atoms with van der Waals surface area (Å²) in [5.41, 5.74) is 1.31. The van der Waals surface area contributed by atoms with Gasteiger partial charge in [0.2, 0.25) is 0 Å². The number of benzene rings is 2. The van der Waals surface area contributed by atoms with Crippen LogP contribution in [0.4, 0.5) is 0 Å². The molecule has 0 heterocycles. The van der Waals surface area contributed by atoms with Crippen LogP contribution in [0.3, 0.4) is 0 Å². The van der Waals surface area contributed by atoms with Crippen LogP contribution in [0.2, 0.25) is 0 Å². The van der Waals surface area contributed by atoms with Crippen molar-refractivity contribution in [3.63, 3.8) is 0 Å². The Morgan fingerprint density at radius 3 is 2.09 bits per heavy atom. The van der Waals surface area contributed by atoms with E-state index in [4.69, 9.17) is 5.26 Å². The Morgan fingerprint density at radius 2 is 1.57 bits per heavy atom. The van der Waals surface area contributed by atoms with Gasteiger partial charge in [0, 0.05) is 18.2 Å². The molecule has 0 aliphatic rings. The van der Waals surface area contributed by atoms with E-state index >= 15 is 0 Å². The molecule has 0 bridgehead atoms. The van der Waals surface area contributed by atoms with Crippen molar-refractivity contribution in [3.8, 4) is 11.8 Å². The molecule has 0 fully saturated rings. The van der Waals surface area contributed by atoms with Gasteiger partial charge in [0.15, 0.2) is 5.78 Å². The van der Waals surface area contributed by atoms with Crippen molar-refractivity contribution in [1.82, 2.24) is 4.90 Å². The molecule has 2 rings (SSSR count). The second-order valence-electron chi connectivity index (χ2n) is 5.19. The number of likely N-dealkylation sites (N-methyl/N-ethyl adjacent to an activating group) is 1. The zero-order valence-corrected chi connectivity index (χ0v) is 12.9. The lowest BCUT2D eigenvalue weighted by atomic mass is 10.0. The van der Waals surface area contributed by atoms with E-state index in [1.165, 1.54) is 29.2 Å². The summed E-state index contributed by atoms with van der Waals surface area (Å²) in [5, 5.41) is 18.0. The molecule has 116 valence electrons. The molecule has 0 saturated heterocycles. The van der Waals surface area contributed by atoms with E-state index in [-0.39, 0.29) is 17.4 Å². The lowest BCUT2D eigenvalue weighted by molar-refractivity contribution is 0.0675. The van der Waals surface area contributed by atoms with Crippen molar-refractivity contribution in [1.29, 1.82) is 5.26 Å². The number of rotatable bonds is 4. The third-order valence-electron chi connectivity index (χ3n) is 3.69. The molecule has 0 spiro atoms. The van der Waals surface area contributed by atoms with Gasteiger partial charge in [0.05, 0.1) is 17.7 Å². The van der Waals surface area contributed by atoms with Gasteiger partial charge < -0.3 is 10.0 Å². The molecule has 2 aromatic carbocycles. The Balaban J connectivity index is 2.15. The van der Waals surface area contributed by atoms with Crippen LogP contribution in [0.1, 0.15) is 33.2 Å². The van der Waals surface area contributed by atoms with Crippen LogP contribution in [0.15, 0.2) is 48.5 Å². The van der Waals surface area contributed by atoms with Crippen LogP contribution in [-0.4, -0.2) is 34.8 Å². The van der Waals surface area contributed by atoms with Crippen molar-refractivity contribution in [2.24, 2.45) is 0 Å². The average Bonchev–Trinajstić information content (AvgIpc) is 2.60. The first kappa shape index (κ1) is 16.2. The maximum absolute atomic E-state index is 12.4. The predicted octanol–water partition coefficient (Wildman–Crippen LogP) is 2.61. The summed E-state index contributed by atoms with van der Waals surface area (Å²) in [5.74, 6) is -0.431. The summed E-state index contributed by atoms with van der Waals surface area (Å²) in [6.07, 6.45) is 0. The molecule has 0 aliphatic heterocycles. The van der Waals surface area contributed by atoms with Crippen LogP contribution in [-0.2, 0) is 0 Å². The zero-order chi connectivity index (χ0) is 17.0. The second kappa shape index (κ2) is 6.75. The van der Waals surface area contributed by atoms with Crippen LogP contribution in [0, 0.1) is 11.3 Å². The van der Waals surface area contributed by atoms with Crippen LogP contribution in [0.25, 0.3) is 0 Å².